The number of nitrogens with zero attached hydrogens (tertiary/aromatic N) is 1. The van der Waals surface area contributed by atoms with Crippen molar-refractivity contribution < 1.29 is 9.47 Å². The number of hydrogen-bond donors (Lipinski definition) is 1. The molecule has 0 fully saturated rings. The fraction of sp³-hybridized carbons (Fsp3) is 0.533. The predicted octanol–water partition coefficient (Wildman–Crippen LogP) is 3.56. The highest BCUT2D eigenvalue weighted by molar-refractivity contribution is 9.10. The van der Waals surface area contributed by atoms with Gasteiger partial charge in [-0.05, 0) is 44.0 Å². The van der Waals surface area contributed by atoms with Crippen LogP contribution in [0.15, 0.2) is 16.6 Å². The average molecular weight is 339 g/mol. The Morgan fingerprint density at radius 2 is 2.00 bits per heavy atom. The fourth-order valence-corrected chi connectivity index (χ4v) is 2.83. The molecule has 0 aromatic heterocycles. The lowest BCUT2D eigenvalue weighted by atomic mass is 10.1. The molecule has 1 aliphatic heterocycles. The highest BCUT2D eigenvalue weighted by atomic mass is 79.9. The van der Waals surface area contributed by atoms with Crippen LogP contribution in [0.25, 0.3) is 0 Å². The van der Waals surface area contributed by atoms with Gasteiger partial charge >= 0.3 is 0 Å². The van der Waals surface area contributed by atoms with E-state index in [9.17, 15) is 0 Å². The highest BCUT2D eigenvalue weighted by Gasteiger charge is 2.17. The van der Waals surface area contributed by atoms with Gasteiger partial charge in [0, 0.05) is 16.9 Å². The van der Waals surface area contributed by atoms with Crippen LogP contribution < -0.4 is 14.8 Å². The molecule has 0 saturated carbocycles. The number of rotatable bonds is 6. The number of benzene rings is 1. The van der Waals surface area contributed by atoms with E-state index < -0.39 is 0 Å². The van der Waals surface area contributed by atoms with Gasteiger partial charge in [-0.3, -0.25) is 0 Å². The summed E-state index contributed by atoms with van der Waals surface area (Å²) in [7, 11) is 0. The van der Waals surface area contributed by atoms with Crippen LogP contribution in [0.5, 0.6) is 11.5 Å². The number of hydrogen-bond acceptors (Lipinski definition) is 4. The molecule has 0 saturated heterocycles. The van der Waals surface area contributed by atoms with Crippen LogP contribution in [-0.2, 0) is 0 Å². The predicted molar refractivity (Wildman–Crippen MR) is 81.0 cm³/mol. The number of halogens is 1. The summed E-state index contributed by atoms with van der Waals surface area (Å²) in [5.41, 5.74) is 1.16. The first-order valence-corrected chi connectivity index (χ1v) is 7.71. The van der Waals surface area contributed by atoms with E-state index >= 15 is 0 Å². The highest BCUT2D eigenvalue weighted by Crippen LogP contribution is 2.37. The Morgan fingerprint density at radius 3 is 2.70 bits per heavy atom. The van der Waals surface area contributed by atoms with Gasteiger partial charge in [-0.2, -0.15) is 5.26 Å². The van der Waals surface area contributed by atoms with Gasteiger partial charge in [0.05, 0.1) is 6.07 Å². The zero-order chi connectivity index (χ0) is 14.4. The Bertz CT molecular complexity index is 499. The molecule has 0 amide bonds. The summed E-state index contributed by atoms with van der Waals surface area (Å²) in [5, 5.41) is 12.0. The molecule has 20 heavy (non-hydrogen) atoms. The van der Waals surface area contributed by atoms with Crippen molar-refractivity contribution in [3.63, 3.8) is 0 Å². The van der Waals surface area contributed by atoms with E-state index in [1.54, 1.807) is 0 Å². The molecule has 1 unspecified atom stereocenters. The van der Waals surface area contributed by atoms with E-state index in [1.165, 1.54) is 0 Å². The fourth-order valence-electron chi connectivity index (χ4n) is 2.17. The Labute approximate surface area is 128 Å². The number of nitrogens with one attached hydrogen (secondary N) is 1. The Morgan fingerprint density at radius 1 is 1.30 bits per heavy atom. The van der Waals surface area contributed by atoms with Crippen molar-refractivity contribution >= 4 is 15.9 Å². The minimum atomic E-state index is 0.224. The molecule has 5 heteroatoms. The van der Waals surface area contributed by atoms with E-state index in [0.717, 1.165) is 40.9 Å². The van der Waals surface area contributed by atoms with Crippen molar-refractivity contribution in [2.24, 2.45) is 0 Å². The molecule has 1 aliphatic rings. The maximum absolute atomic E-state index is 8.50. The van der Waals surface area contributed by atoms with Gasteiger partial charge in [0.1, 0.15) is 13.2 Å². The molecule has 0 bridgehead atoms. The van der Waals surface area contributed by atoms with Crippen molar-refractivity contribution in [3.05, 3.63) is 22.2 Å². The van der Waals surface area contributed by atoms with Crippen molar-refractivity contribution in [1.29, 1.82) is 5.26 Å². The maximum Gasteiger partial charge on any atom is 0.162 e. The molecule has 0 radical (unpaired) electrons. The Hall–Kier alpha value is -1.25. The van der Waals surface area contributed by atoms with Crippen LogP contribution in [0.3, 0.4) is 0 Å². The molecular weight excluding hydrogens is 320 g/mol. The minimum absolute atomic E-state index is 0.224. The topological polar surface area (TPSA) is 54.3 Å². The summed E-state index contributed by atoms with van der Waals surface area (Å²) in [4.78, 5) is 0. The van der Waals surface area contributed by atoms with E-state index in [1.807, 2.05) is 12.1 Å². The molecule has 1 N–H and O–H groups in total. The summed E-state index contributed by atoms with van der Waals surface area (Å²) < 4.78 is 12.2. The Balaban J connectivity index is 1.95. The first-order chi connectivity index (χ1) is 9.72. The first kappa shape index (κ1) is 15.1. The molecule has 1 atom stereocenters. The second kappa shape index (κ2) is 7.51. The zero-order valence-electron chi connectivity index (χ0n) is 11.6. The van der Waals surface area contributed by atoms with Crippen molar-refractivity contribution in [1.82, 2.24) is 5.32 Å². The van der Waals surface area contributed by atoms with Crippen LogP contribution in [0.2, 0.25) is 0 Å². The maximum atomic E-state index is 8.50. The number of ether oxygens (including phenoxy) is 2. The molecule has 1 aromatic rings. The summed E-state index contributed by atoms with van der Waals surface area (Å²) in [6.45, 7) is 4.24. The van der Waals surface area contributed by atoms with E-state index in [0.29, 0.717) is 19.6 Å². The van der Waals surface area contributed by atoms with E-state index in [4.69, 9.17) is 14.7 Å². The number of unbranched alkanes of at least 4 members (excludes halogenated alkanes) is 2. The summed E-state index contributed by atoms with van der Waals surface area (Å²) >= 11 is 3.59. The van der Waals surface area contributed by atoms with Gasteiger partial charge in [-0.1, -0.05) is 15.9 Å². The van der Waals surface area contributed by atoms with Gasteiger partial charge in [-0.15, -0.1) is 0 Å². The number of fused-ring (bicyclic) bond motifs is 1. The SMILES string of the molecule is CC(NCCCCC#N)c1cc2c(cc1Br)OCCO2. The zero-order valence-corrected chi connectivity index (χ0v) is 13.2. The minimum Gasteiger partial charge on any atom is -0.486 e. The number of nitriles is 1. The summed E-state index contributed by atoms with van der Waals surface area (Å²) in [6, 6.07) is 6.39. The molecule has 2 rings (SSSR count). The molecule has 1 aromatic carbocycles. The molecule has 0 spiro atoms. The van der Waals surface area contributed by atoms with Gasteiger partial charge < -0.3 is 14.8 Å². The lowest BCUT2D eigenvalue weighted by Crippen LogP contribution is -2.21. The van der Waals surface area contributed by atoms with Crippen molar-refractivity contribution in [2.45, 2.75) is 32.2 Å². The van der Waals surface area contributed by atoms with Crippen molar-refractivity contribution in [3.8, 4) is 17.6 Å². The van der Waals surface area contributed by atoms with E-state index in [-0.39, 0.29) is 6.04 Å². The third-order valence-corrected chi connectivity index (χ3v) is 3.98. The lowest BCUT2D eigenvalue weighted by Gasteiger charge is -2.22. The van der Waals surface area contributed by atoms with Crippen molar-refractivity contribution in [2.75, 3.05) is 19.8 Å². The molecule has 108 valence electrons. The lowest BCUT2D eigenvalue weighted by molar-refractivity contribution is 0.171. The Kier molecular flexibility index (Phi) is 5.69. The second-order valence-electron chi connectivity index (χ2n) is 4.81. The van der Waals surface area contributed by atoms with Gasteiger partial charge in [0.25, 0.3) is 0 Å². The summed E-state index contributed by atoms with van der Waals surface area (Å²) in [6.07, 6.45) is 2.59. The summed E-state index contributed by atoms with van der Waals surface area (Å²) in [5.74, 6) is 1.61. The third kappa shape index (κ3) is 3.87. The third-order valence-electron chi connectivity index (χ3n) is 3.29. The van der Waals surface area contributed by atoms with Crippen LogP contribution in [-0.4, -0.2) is 19.8 Å². The smallest absolute Gasteiger partial charge is 0.162 e. The molecular formula is C15H19BrN2O2. The molecule has 1 heterocycles. The van der Waals surface area contributed by atoms with Crippen LogP contribution in [0.4, 0.5) is 0 Å². The standard InChI is InChI=1S/C15H19BrN2O2/c1-11(18-6-4-2-3-5-17)12-9-14-15(10-13(12)16)20-8-7-19-14/h9-11,18H,2-4,6-8H2,1H3. The molecule has 4 nitrogen and oxygen atoms in total. The quantitative estimate of drug-likeness (QED) is 0.805. The normalized spacial score (nSPS) is 14.7. The van der Waals surface area contributed by atoms with E-state index in [2.05, 4.69) is 34.2 Å². The molecule has 0 aliphatic carbocycles. The average Bonchev–Trinajstić information content (AvgIpc) is 2.46. The van der Waals surface area contributed by atoms with Crippen LogP contribution >= 0.6 is 15.9 Å². The monoisotopic (exact) mass is 338 g/mol. The first-order valence-electron chi connectivity index (χ1n) is 6.91. The van der Waals surface area contributed by atoms with Crippen LogP contribution in [0.1, 0.15) is 37.8 Å². The largest absolute Gasteiger partial charge is 0.486 e. The van der Waals surface area contributed by atoms with Gasteiger partial charge in [0.2, 0.25) is 0 Å². The van der Waals surface area contributed by atoms with Gasteiger partial charge in [-0.25, -0.2) is 0 Å². The second-order valence-corrected chi connectivity index (χ2v) is 5.66. The van der Waals surface area contributed by atoms with Gasteiger partial charge in [0.15, 0.2) is 11.5 Å². The van der Waals surface area contributed by atoms with Crippen LogP contribution in [0, 0.1) is 11.3 Å².